The van der Waals surface area contributed by atoms with Gasteiger partial charge in [0.25, 0.3) is 8.53 Å². The van der Waals surface area contributed by atoms with Gasteiger partial charge in [-0.2, -0.15) is 5.26 Å². The molecule has 38 heavy (non-hydrogen) atoms. The minimum absolute atomic E-state index is 0.0383. The molecule has 0 aromatic carbocycles. The first kappa shape index (κ1) is 33.9. The number of nitriles is 1. The molecule has 0 aromatic heterocycles. The van der Waals surface area contributed by atoms with Crippen LogP contribution in [0, 0.1) is 29.1 Å². The van der Waals surface area contributed by atoms with E-state index in [4.69, 9.17) is 19.0 Å². The third kappa shape index (κ3) is 13.4. The third-order valence-electron chi connectivity index (χ3n) is 7.02. The Balaban J connectivity index is 1.36. The van der Waals surface area contributed by atoms with Gasteiger partial charge in [0, 0.05) is 23.6 Å². The van der Waals surface area contributed by atoms with E-state index in [-0.39, 0.29) is 11.9 Å². The van der Waals surface area contributed by atoms with Crippen molar-refractivity contribution in [2.45, 2.75) is 110 Å². The Morgan fingerprint density at radius 1 is 0.895 bits per heavy atom. The summed E-state index contributed by atoms with van der Waals surface area (Å²) in [7, 11) is 2.88. The lowest BCUT2D eigenvalue weighted by atomic mass is 9.94. The van der Waals surface area contributed by atoms with E-state index in [1.165, 1.54) is 43.6 Å². The lowest BCUT2D eigenvalue weighted by Gasteiger charge is -2.35. The molecule has 0 aromatic rings. The van der Waals surface area contributed by atoms with Crippen LogP contribution in [0.1, 0.15) is 98.3 Å². The van der Waals surface area contributed by atoms with Crippen LogP contribution in [-0.2, 0) is 18.6 Å². The van der Waals surface area contributed by atoms with Gasteiger partial charge in [0.15, 0.2) is 0 Å². The molecule has 2 rings (SSSR count). The van der Waals surface area contributed by atoms with Gasteiger partial charge >= 0.3 is 5.97 Å². The zero-order valence-corrected chi connectivity index (χ0v) is 26.7. The largest absolute Gasteiger partial charge is 0.465 e. The SMILES string of the molecule is CC(C)N(C(C)C)P(OCCC#N)OCCCCCCSSCCCCCCOC(=O)C1CC2C=CC1C2. The average Bonchev–Trinajstić information content (AvgIpc) is 3.52. The van der Waals surface area contributed by atoms with Crippen LogP contribution in [0.2, 0.25) is 0 Å². The lowest BCUT2D eigenvalue weighted by molar-refractivity contribution is -0.149. The Morgan fingerprint density at radius 3 is 2.05 bits per heavy atom. The van der Waals surface area contributed by atoms with Crippen molar-refractivity contribution in [1.29, 1.82) is 5.26 Å². The molecule has 2 aliphatic rings. The highest BCUT2D eigenvalue weighted by atomic mass is 33.1. The van der Waals surface area contributed by atoms with Gasteiger partial charge in [-0.3, -0.25) is 4.79 Å². The van der Waals surface area contributed by atoms with Crippen molar-refractivity contribution < 1.29 is 18.6 Å². The predicted octanol–water partition coefficient (Wildman–Crippen LogP) is 8.54. The highest BCUT2D eigenvalue weighted by Gasteiger charge is 2.40. The summed E-state index contributed by atoms with van der Waals surface area (Å²) in [5.41, 5.74) is 0. The highest BCUT2D eigenvalue weighted by molar-refractivity contribution is 8.76. The first-order chi connectivity index (χ1) is 18.4. The van der Waals surface area contributed by atoms with E-state index in [0.717, 1.165) is 32.1 Å². The lowest BCUT2D eigenvalue weighted by Crippen LogP contribution is -2.33. The van der Waals surface area contributed by atoms with Gasteiger partial charge in [-0.15, -0.1) is 0 Å². The molecule has 2 aliphatic carbocycles. The summed E-state index contributed by atoms with van der Waals surface area (Å²) in [6.07, 6.45) is 16.4. The monoisotopic (exact) mass is 586 g/mol. The minimum Gasteiger partial charge on any atom is -0.465 e. The number of unbranched alkanes of at least 4 members (excludes halogenated alkanes) is 6. The molecule has 4 atom stereocenters. The predicted molar refractivity (Wildman–Crippen MR) is 163 cm³/mol. The maximum Gasteiger partial charge on any atom is 0.309 e. The smallest absolute Gasteiger partial charge is 0.309 e. The van der Waals surface area contributed by atoms with E-state index >= 15 is 0 Å². The van der Waals surface area contributed by atoms with Gasteiger partial charge < -0.3 is 13.8 Å². The molecule has 1 fully saturated rings. The number of hydrogen-bond acceptors (Lipinski definition) is 8. The molecule has 0 heterocycles. The molecule has 218 valence electrons. The zero-order valence-electron chi connectivity index (χ0n) is 24.1. The van der Waals surface area contributed by atoms with Gasteiger partial charge in [-0.25, -0.2) is 4.67 Å². The average molecular weight is 587 g/mol. The normalized spacial score (nSPS) is 21.1. The number of rotatable bonds is 23. The van der Waals surface area contributed by atoms with Crippen molar-refractivity contribution in [3.05, 3.63) is 12.2 Å². The maximum absolute atomic E-state index is 12.2. The summed E-state index contributed by atoms with van der Waals surface area (Å²) in [6, 6.07) is 2.84. The summed E-state index contributed by atoms with van der Waals surface area (Å²) in [5.74, 6) is 3.65. The molecule has 0 amide bonds. The van der Waals surface area contributed by atoms with E-state index in [2.05, 4.69) is 50.6 Å². The number of ether oxygens (including phenoxy) is 1. The van der Waals surface area contributed by atoms with E-state index in [1.807, 2.05) is 21.6 Å². The van der Waals surface area contributed by atoms with Crippen molar-refractivity contribution in [2.24, 2.45) is 17.8 Å². The third-order valence-corrected chi connectivity index (χ3v) is 11.7. The number of hydrogen-bond donors (Lipinski definition) is 0. The molecular weight excluding hydrogens is 535 g/mol. The van der Waals surface area contributed by atoms with E-state index in [1.54, 1.807) is 0 Å². The van der Waals surface area contributed by atoms with Crippen LogP contribution in [0.25, 0.3) is 0 Å². The van der Waals surface area contributed by atoms with Crippen molar-refractivity contribution in [3.63, 3.8) is 0 Å². The van der Waals surface area contributed by atoms with Gasteiger partial charge in [0.2, 0.25) is 0 Å². The first-order valence-electron chi connectivity index (χ1n) is 14.7. The zero-order chi connectivity index (χ0) is 27.6. The van der Waals surface area contributed by atoms with Crippen LogP contribution >= 0.6 is 30.1 Å². The number of esters is 1. The summed E-state index contributed by atoms with van der Waals surface area (Å²) >= 11 is 0. The first-order valence-corrected chi connectivity index (χ1v) is 18.4. The Hall–Kier alpha value is -0.290. The Labute approximate surface area is 241 Å². The molecule has 9 heteroatoms. The summed E-state index contributed by atoms with van der Waals surface area (Å²) in [6.45, 7) is 10.4. The maximum atomic E-state index is 12.2. The molecule has 0 saturated heterocycles. The molecule has 2 bridgehead atoms. The van der Waals surface area contributed by atoms with Crippen LogP contribution in [0.4, 0.5) is 0 Å². The molecule has 0 N–H and O–H groups in total. The molecule has 0 radical (unpaired) electrons. The van der Waals surface area contributed by atoms with Crippen molar-refractivity contribution in [1.82, 2.24) is 4.67 Å². The summed E-state index contributed by atoms with van der Waals surface area (Å²) in [5, 5.41) is 8.82. The Kier molecular flexibility index (Phi) is 18.4. The van der Waals surface area contributed by atoms with Crippen LogP contribution in [-0.4, -0.2) is 54.0 Å². The van der Waals surface area contributed by atoms with Crippen LogP contribution in [0.15, 0.2) is 12.2 Å². The molecular formula is C29H51N2O4PS2. The molecule has 0 aliphatic heterocycles. The second-order valence-corrected chi connectivity index (χ2v) is 15.1. The summed E-state index contributed by atoms with van der Waals surface area (Å²) < 4.78 is 19.9. The molecule has 4 unspecified atom stereocenters. The van der Waals surface area contributed by atoms with Crippen molar-refractivity contribution in [2.75, 3.05) is 31.3 Å². The quantitative estimate of drug-likeness (QED) is 0.0388. The van der Waals surface area contributed by atoms with Crippen molar-refractivity contribution >= 4 is 36.1 Å². The molecule has 6 nitrogen and oxygen atoms in total. The van der Waals surface area contributed by atoms with Gasteiger partial charge in [-0.05, 0) is 78.1 Å². The highest BCUT2D eigenvalue weighted by Crippen LogP contribution is 2.46. The Morgan fingerprint density at radius 2 is 1.50 bits per heavy atom. The fraction of sp³-hybridized carbons (Fsp3) is 0.862. The van der Waals surface area contributed by atoms with Crippen molar-refractivity contribution in [3.8, 4) is 6.07 Å². The van der Waals surface area contributed by atoms with Gasteiger partial charge in [-0.1, -0.05) is 59.4 Å². The van der Waals surface area contributed by atoms with E-state index in [0.29, 0.717) is 50.2 Å². The number of nitrogens with zero attached hydrogens (tertiary/aromatic N) is 2. The number of fused-ring (bicyclic) bond motifs is 2. The standard InChI is InChI=1S/C29H51N2O4PS2/c1-24(2)31(25(3)4)36(35-19-13-16-30)34-18-10-6-8-12-21-38-37-20-11-7-5-9-17-33-29(32)28-23-26-14-15-27(28)22-26/h14-15,24-28H,5-13,17-23H2,1-4H3. The van der Waals surface area contributed by atoms with Crippen LogP contribution < -0.4 is 0 Å². The van der Waals surface area contributed by atoms with E-state index in [9.17, 15) is 4.79 Å². The minimum atomic E-state index is -1.11. The molecule has 0 spiro atoms. The fourth-order valence-electron chi connectivity index (χ4n) is 5.14. The molecule has 1 saturated carbocycles. The van der Waals surface area contributed by atoms with E-state index < -0.39 is 8.53 Å². The summed E-state index contributed by atoms with van der Waals surface area (Å²) in [4.78, 5) is 12.2. The number of carbonyl (C=O) groups excluding carboxylic acids is 1. The van der Waals surface area contributed by atoms with Gasteiger partial charge in [0.1, 0.15) is 0 Å². The van der Waals surface area contributed by atoms with Gasteiger partial charge in [0.05, 0.1) is 38.2 Å². The fourth-order valence-corrected chi connectivity index (χ4v) is 9.06. The number of allylic oxidation sites excluding steroid dienone is 2. The van der Waals surface area contributed by atoms with Crippen LogP contribution in [0.3, 0.4) is 0 Å². The second-order valence-electron chi connectivity index (χ2n) is 10.9. The van der Waals surface area contributed by atoms with Crippen LogP contribution in [0.5, 0.6) is 0 Å². The number of carbonyl (C=O) groups is 1. The topological polar surface area (TPSA) is 71.8 Å². The second kappa shape index (κ2) is 20.6. The Bertz CT molecular complexity index is 711.